The molecule has 1 heterocycles. The van der Waals surface area contributed by atoms with Crippen molar-refractivity contribution in [2.45, 2.75) is 39.2 Å². The highest BCUT2D eigenvalue weighted by Gasteiger charge is 2.42. The molecule has 0 spiro atoms. The van der Waals surface area contributed by atoms with Crippen LogP contribution in [0.15, 0.2) is 84.1 Å². The van der Waals surface area contributed by atoms with Crippen LogP contribution in [0.3, 0.4) is 0 Å². The van der Waals surface area contributed by atoms with Crippen molar-refractivity contribution in [1.29, 1.82) is 0 Å². The average Bonchev–Trinajstić information content (AvgIpc) is 2.98. The minimum absolute atomic E-state index is 0.0935. The van der Waals surface area contributed by atoms with Crippen LogP contribution < -0.4 is 15.5 Å². The second kappa shape index (κ2) is 10.4. The van der Waals surface area contributed by atoms with Gasteiger partial charge in [0.05, 0.1) is 24.0 Å². The van der Waals surface area contributed by atoms with E-state index in [1.807, 2.05) is 68.4 Å². The number of rotatable bonds is 6. The Balaban J connectivity index is 1.55. The monoisotopic (exact) mass is 515 g/mol. The van der Waals surface area contributed by atoms with Gasteiger partial charge in [-0.05, 0) is 53.6 Å². The second-order valence-corrected chi connectivity index (χ2v) is 10.8. The van der Waals surface area contributed by atoms with Crippen LogP contribution in [0.1, 0.15) is 43.9 Å². The van der Waals surface area contributed by atoms with Gasteiger partial charge in [0.2, 0.25) is 5.91 Å². The maximum atomic E-state index is 14.5. The van der Waals surface area contributed by atoms with Crippen LogP contribution in [-0.4, -0.2) is 24.8 Å². The summed E-state index contributed by atoms with van der Waals surface area (Å²) in [4.78, 5) is 28.7. The summed E-state index contributed by atoms with van der Waals surface area (Å²) in [7, 11) is 0. The molecule has 196 valence electrons. The summed E-state index contributed by atoms with van der Waals surface area (Å²) < 4.78 is 29.0. The first-order valence-corrected chi connectivity index (χ1v) is 12.9. The predicted octanol–water partition coefficient (Wildman–Crippen LogP) is 5.94. The lowest BCUT2D eigenvalue weighted by Crippen LogP contribution is -2.42. The van der Waals surface area contributed by atoms with Crippen LogP contribution in [0.2, 0.25) is 0 Å². The number of amides is 1. The number of fused-ring (bicyclic) bond motifs is 1. The van der Waals surface area contributed by atoms with E-state index >= 15 is 0 Å². The first-order chi connectivity index (χ1) is 18.2. The van der Waals surface area contributed by atoms with Crippen LogP contribution in [0.4, 0.5) is 20.2 Å². The summed E-state index contributed by atoms with van der Waals surface area (Å²) in [6, 6.07) is 19.8. The Morgan fingerprint density at radius 3 is 2.42 bits per heavy atom. The van der Waals surface area contributed by atoms with Gasteiger partial charge in [0.25, 0.3) is 0 Å². The smallest absolute Gasteiger partial charge is 0.239 e. The van der Waals surface area contributed by atoms with Crippen LogP contribution >= 0.6 is 0 Å². The van der Waals surface area contributed by atoms with E-state index in [4.69, 9.17) is 0 Å². The van der Waals surface area contributed by atoms with Crippen molar-refractivity contribution in [2.75, 3.05) is 23.3 Å². The molecule has 3 aromatic carbocycles. The largest absolute Gasteiger partial charge is 0.357 e. The third kappa shape index (κ3) is 5.47. The van der Waals surface area contributed by atoms with E-state index in [1.54, 1.807) is 4.90 Å². The molecule has 2 N–H and O–H groups in total. The fourth-order valence-corrected chi connectivity index (χ4v) is 5.51. The lowest BCUT2D eigenvalue weighted by atomic mass is 9.73. The van der Waals surface area contributed by atoms with Gasteiger partial charge < -0.3 is 15.5 Å². The summed E-state index contributed by atoms with van der Waals surface area (Å²) in [6.45, 7) is 4.41. The summed E-state index contributed by atoms with van der Waals surface area (Å²) >= 11 is 0. The number of carbonyl (C=O) groups excluding carboxylic acids is 2. The van der Waals surface area contributed by atoms with Crippen molar-refractivity contribution < 1.29 is 18.4 Å². The van der Waals surface area contributed by atoms with Gasteiger partial charge in [-0.25, -0.2) is 8.78 Å². The second-order valence-electron chi connectivity index (χ2n) is 10.8. The molecule has 7 heteroatoms. The Hall–Kier alpha value is -4.00. The Bertz CT molecular complexity index is 1380. The van der Waals surface area contributed by atoms with Crippen molar-refractivity contribution in [1.82, 2.24) is 5.32 Å². The van der Waals surface area contributed by atoms with Gasteiger partial charge in [-0.1, -0.05) is 56.3 Å². The maximum absolute atomic E-state index is 14.5. The molecule has 1 atom stereocenters. The van der Waals surface area contributed by atoms with Gasteiger partial charge in [-0.15, -0.1) is 0 Å². The Kier molecular flexibility index (Phi) is 7.02. The van der Waals surface area contributed by atoms with Crippen LogP contribution in [0, 0.1) is 17.0 Å². The fraction of sp³-hybridized carbons (Fsp3) is 0.290. The van der Waals surface area contributed by atoms with E-state index < -0.39 is 17.7 Å². The van der Waals surface area contributed by atoms with Crippen molar-refractivity contribution in [3.8, 4) is 0 Å². The van der Waals surface area contributed by atoms with E-state index in [0.717, 1.165) is 23.0 Å². The van der Waals surface area contributed by atoms with Crippen molar-refractivity contribution >= 4 is 23.1 Å². The molecule has 2 aliphatic rings. The minimum atomic E-state index is -0.838. The topological polar surface area (TPSA) is 61.4 Å². The van der Waals surface area contributed by atoms with Crippen LogP contribution in [0.25, 0.3) is 0 Å². The zero-order chi connectivity index (χ0) is 26.9. The first-order valence-electron chi connectivity index (χ1n) is 12.9. The van der Waals surface area contributed by atoms with Crippen molar-refractivity contribution in [2.24, 2.45) is 5.41 Å². The van der Waals surface area contributed by atoms with Gasteiger partial charge in [0.1, 0.15) is 11.6 Å². The molecular formula is C31H31F2N3O2. The third-order valence-corrected chi connectivity index (χ3v) is 7.10. The summed E-state index contributed by atoms with van der Waals surface area (Å²) in [6.07, 6.45) is 1.56. The quantitative estimate of drug-likeness (QED) is 0.427. The van der Waals surface area contributed by atoms with Crippen LogP contribution in [0.5, 0.6) is 0 Å². The number of hydrogen-bond acceptors (Lipinski definition) is 4. The molecule has 1 unspecified atom stereocenters. The number of hydrogen-bond donors (Lipinski definition) is 2. The Labute approximate surface area is 221 Å². The zero-order valence-corrected chi connectivity index (χ0v) is 21.6. The third-order valence-electron chi connectivity index (χ3n) is 7.10. The van der Waals surface area contributed by atoms with Crippen molar-refractivity contribution in [3.63, 3.8) is 0 Å². The number of allylic oxidation sites excluding steroid dienone is 1. The van der Waals surface area contributed by atoms with E-state index in [2.05, 4.69) is 10.6 Å². The predicted molar refractivity (Wildman–Crippen MR) is 145 cm³/mol. The molecule has 1 aliphatic heterocycles. The number of anilines is 2. The molecule has 1 amide bonds. The van der Waals surface area contributed by atoms with Gasteiger partial charge >= 0.3 is 0 Å². The lowest BCUT2D eigenvalue weighted by Gasteiger charge is -2.37. The highest BCUT2D eigenvalue weighted by molar-refractivity contribution is 6.01. The summed E-state index contributed by atoms with van der Waals surface area (Å²) in [5, 5.41) is 6.41. The highest BCUT2D eigenvalue weighted by Crippen LogP contribution is 2.48. The average molecular weight is 516 g/mol. The molecule has 3 aromatic rings. The van der Waals surface area contributed by atoms with E-state index in [0.29, 0.717) is 42.6 Å². The number of benzene rings is 3. The van der Waals surface area contributed by atoms with Gasteiger partial charge in [-0.2, -0.15) is 0 Å². The van der Waals surface area contributed by atoms with Gasteiger partial charge in [0.15, 0.2) is 5.78 Å². The molecule has 0 aromatic heterocycles. The molecule has 5 nitrogen and oxygen atoms in total. The SMILES string of the molecule is CC1(C)CC(=O)C2=C(C1)Nc1ccccc1N(CC(=O)NCCc1ccccc1)C2c1cc(F)cc(F)c1. The number of nitrogens with one attached hydrogen (secondary N) is 2. The maximum Gasteiger partial charge on any atom is 0.239 e. The van der Waals surface area contributed by atoms with E-state index in [9.17, 15) is 18.4 Å². The number of nitrogens with zero attached hydrogens (tertiary/aromatic N) is 1. The van der Waals surface area contributed by atoms with E-state index in [1.165, 1.54) is 12.1 Å². The van der Waals surface area contributed by atoms with Gasteiger partial charge in [0, 0.05) is 30.3 Å². The number of para-hydroxylation sites is 2. The van der Waals surface area contributed by atoms with E-state index in [-0.39, 0.29) is 23.7 Å². The number of Topliss-reactive ketones (excluding diaryl/α,β-unsaturated/α-hetero) is 1. The zero-order valence-electron chi connectivity index (χ0n) is 21.6. The molecule has 1 aliphatic carbocycles. The van der Waals surface area contributed by atoms with Crippen LogP contribution in [-0.2, 0) is 16.0 Å². The number of carbonyl (C=O) groups is 2. The summed E-state index contributed by atoms with van der Waals surface area (Å²) in [5.41, 5.74) is 3.71. The molecule has 0 saturated carbocycles. The standard InChI is InChI=1S/C31H31F2N3O2/c1-31(2)17-25-29(27(37)18-31)30(21-14-22(32)16-23(33)15-21)36(26-11-7-6-10-24(26)35-25)19-28(38)34-13-12-20-8-4-3-5-9-20/h3-11,14-16,30,35H,12-13,17-19H2,1-2H3,(H,34,38). The molecule has 0 radical (unpaired) electrons. The first kappa shape index (κ1) is 25.6. The minimum Gasteiger partial charge on any atom is -0.357 e. The Morgan fingerprint density at radius 1 is 1.00 bits per heavy atom. The van der Waals surface area contributed by atoms with Crippen molar-refractivity contribution in [3.05, 3.63) is 107 Å². The molecule has 0 fully saturated rings. The molecule has 5 rings (SSSR count). The molecular weight excluding hydrogens is 484 g/mol. The molecule has 38 heavy (non-hydrogen) atoms. The number of ketones is 1. The lowest BCUT2D eigenvalue weighted by molar-refractivity contribution is -0.120. The highest BCUT2D eigenvalue weighted by atomic mass is 19.1. The summed E-state index contributed by atoms with van der Waals surface area (Å²) in [5.74, 6) is -1.81. The number of halogens is 2. The molecule has 0 saturated heterocycles. The molecule has 0 bridgehead atoms. The Morgan fingerprint density at radius 2 is 1.68 bits per heavy atom. The van der Waals surface area contributed by atoms with Gasteiger partial charge in [-0.3, -0.25) is 9.59 Å². The normalized spacial score (nSPS) is 18.3. The fourth-order valence-electron chi connectivity index (χ4n) is 5.51.